The smallest absolute Gasteiger partial charge is 0.352 e. The third kappa shape index (κ3) is 4.96. The van der Waals surface area contributed by atoms with Gasteiger partial charge in [0.1, 0.15) is 30.5 Å². The Kier molecular flexibility index (Phi) is 7.56. The van der Waals surface area contributed by atoms with Crippen molar-refractivity contribution in [2.45, 2.75) is 36.5 Å². The van der Waals surface area contributed by atoms with E-state index in [9.17, 15) is 19.5 Å². The number of aliphatic carboxylic acids is 1. The van der Waals surface area contributed by atoms with Crippen molar-refractivity contribution in [3.8, 4) is 0 Å². The molecule has 0 saturated carbocycles. The minimum atomic E-state index is -1.21. The first-order valence-corrected chi connectivity index (χ1v) is 13.1. The topological polar surface area (TPSA) is 191 Å². The molecule has 2 amide bonds. The Morgan fingerprint density at radius 2 is 2.26 bits per heavy atom. The summed E-state index contributed by atoms with van der Waals surface area (Å²) in [6, 6.07) is -0.943. The summed E-state index contributed by atoms with van der Waals surface area (Å²) in [6.07, 6.45) is 2.54. The number of carboxylic acids is 1. The summed E-state index contributed by atoms with van der Waals surface area (Å²) >= 11 is 3.61. The highest BCUT2D eigenvalue weighted by atomic mass is 32.2. The highest BCUT2D eigenvalue weighted by molar-refractivity contribution is 8.01. The minimum Gasteiger partial charge on any atom is -0.477 e. The van der Waals surface area contributed by atoms with Crippen LogP contribution in [-0.2, 0) is 25.8 Å². The molecule has 4 rings (SSSR count). The van der Waals surface area contributed by atoms with Crippen molar-refractivity contribution in [1.29, 1.82) is 0 Å². The number of hydrogen-bond acceptors (Lipinski definition) is 13. The van der Waals surface area contributed by atoms with E-state index in [0.29, 0.717) is 22.2 Å². The van der Waals surface area contributed by atoms with Gasteiger partial charge in [0.2, 0.25) is 11.5 Å². The molecule has 2 aromatic rings. The molecular formula is C18H21N9O5S3. The van der Waals surface area contributed by atoms with Gasteiger partial charge < -0.3 is 25.6 Å². The molecule has 1 saturated heterocycles. The van der Waals surface area contributed by atoms with E-state index in [-0.39, 0.29) is 22.4 Å². The average Bonchev–Trinajstić information content (AvgIpc) is 3.47. The van der Waals surface area contributed by atoms with Crippen molar-refractivity contribution in [1.82, 2.24) is 34.3 Å². The van der Waals surface area contributed by atoms with Crippen molar-refractivity contribution in [2.75, 3.05) is 24.3 Å². The van der Waals surface area contributed by atoms with Gasteiger partial charge in [-0.3, -0.25) is 14.5 Å². The predicted octanol–water partition coefficient (Wildman–Crippen LogP) is 0.00320. The van der Waals surface area contributed by atoms with E-state index in [0.717, 1.165) is 24.5 Å². The average molecular weight is 540 g/mol. The zero-order valence-electron chi connectivity index (χ0n) is 18.6. The highest BCUT2D eigenvalue weighted by Gasteiger charge is 2.54. The molecular weight excluding hydrogens is 518 g/mol. The van der Waals surface area contributed by atoms with E-state index in [4.69, 9.17) is 10.6 Å². The van der Waals surface area contributed by atoms with Crippen LogP contribution in [-0.4, -0.2) is 87.7 Å². The summed E-state index contributed by atoms with van der Waals surface area (Å²) in [5.41, 5.74) is 5.86. The van der Waals surface area contributed by atoms with Crippen LogP contribution in [0.15, 0.2) is 27.9 Å². The molecule has 2 aliphatic heterocycles. The maximum Gasteiger partial charge on any atom is 0.352 e. The van der Waals surface area contributed by atoms with Crippen LogP contribution in [0.3, 0.4) is 0 Å². The van der Waals surface area contributed by atoms with Gasteiger partial charge in [0.25, 0.3) is 11.8 Å². The third-order valence-corrected chi connectivity index (χ3v) is 7.96. The van der Waals surface area contributed by atoms with Crippen molar-refractivity contribution in [3.05, 3.63) is 23.4 Å². The van der Waals surface area contributed by atoms with E-state index in [1.165, 1.54) is 35.5 Å². The molecule has 1 unspecified atom stereocenters. The first-order chi connectivity index (χ1) is 16.8. The number of thioether (sulfide) groups is 2. The molecule has 35 heavy (non-hydrogen) atoms. The van der Waals surface area contributed by atoms with Gasteiger partial charge in [-0.15, -0.1) is 22.0 Å². The van der Waals surface area contributed by atoms with Crippen LogP contribution in [0.5, 0.6) is 0 Å². The van der Waals surface area contributed by atoms with E-state index in [1.54, 1.807) is 6.33 Å². The molecule has 0 bridgehead atoms. The number of amides is 2. The molecule has 4 heterocycles. The number of anilines is 1. The number of nitrogens with one attached hydrogen (secondary N) is 1. The molecule has 0 aliphatic carbocycles. The van der Waals surface area contributed by atoms with Crippen LogP contribution in [0.4, 0.5) is 5.13 Å². The van der Waals surface area contributed by atoms with E-state index in [2.05, 4.69) is 30.0 Å². The maximum absolute atomic E-state index is 12.9. The first-order valence-electron chi connectivity index (χ1n) is 10.3. The number of carbonyl (C=O) groups excluding carboxylic acids is 2. The molecule has 0 radical (unpaired) electrons. The maximum atomic E-state index is 12.9. The fraction of sp³-hybridized carbons (Fsp3) is 0.444. The number of carbonyl (C=O) groups is 3. The second-order valence-electron chi connectivity index (χ2n) is 7.29. The van der Waals surface area contributed by atoms with Gasteiger partial charge >= 0.3 is 5.97 Å². The van der Waals surface area contributed by atoms with Crippen LogP contribution >= 0.6 is 35.1 Å². The van der Waals surface area contributed by atoms with Gasteiger partial charge in [-0.25, -0.2) is 4.79 Å². The fourth-order valence-electron chi connectivity index (χ4n) is 3.51. The number of rotatable bonds is 10. The Balaban J connectivity index is 1.48. The van der Waals surface area contributed by atoms with Gasteiger partial charge in [0, 0.05) is 29.6 Å². The van der Waals surface area contributed by atoms with Crippen molar-refractivity contribution in [2.24, 2.45) is 5.16 Å². The van der Waals surface area contributed by atoms with Gasteiger partial charge in [0.15, 0.2) is 10.3 Å². The zero-order valence-corrected chi connectivity index (χ0v) is 21.0. The van der Waals surface area contributed by atoms with Crippen LogP contribution in [0, 0.1) is 0 Å². The lowest BCUT2D eigenvalue weighted by Gasteiger charge is -2.49. The standard InChI is InChI=1S/C18H21N9O5S3/c1-3-4-26-7-20-23-18(26)34-6-8-5-33-15-10(14(29)27(15)11(8)16(30)31)21-13(28)9(24-32-2)12-22-17(19)35-25-12/h7,10,15H,3-6H2,1-2H3,(H,21,28)(H,30,31)(H2,19,22,25)/t10?,15-/m0/s1. The lowest BCUT2D eigenvalue weighted by molar-refractivity contribution is -0.150. The lowest BCUT2D eigenvalue weighted by atomic mass is 10.0. The van der Waals surface area contributed by atoms with E-state index >= 15 is 0 Å². The largest absolute Gasteiger partial charge is 0.477 e. The van der Waals surface area contributed by atoms with Crippen LogP contribution < -0.4 is 11.1 Å². The molecule has 0 spiro atoms. The number of aryl methyl sites for hydroxylation is 1. The Bertz CT molecular complexity index is 1210. The monoisotopic (exact) mass is 539 g/mol. The number of oxime groups is 1. The Morgan fingerprint density at radius 3 is 2.91 bits per heavy atom. The summed E-state index contributed by atoms with van der Waals surface area (Å²) < 4.78 is 5.84. The molecule has 2 atom stereocenters. The molecule has 4 N–H and O–H groups in total. The Hall–Kier alpha value is -3.18. The number of hydrogen-bond donors (Lipinski definition) is 3. The number of aromatic nitrogens is 5. The molecule has 186 valence electrons. The van der Waals surface area contributed by atoms with Crippen LogP contribution in [0.2, 0.25) is 0 Å². The van der Waals surface area contributed by atoms with Crippen molar-refractivity contribution >= 4 is 63.7 Å². The normalized spacial score (nSPS) is 19.9. The number of nitrogen functional groups attached to an aromatic ring is 1. The lowest BCUT2D eigenvalue weighted by Crippen LogP contribution is -2.71. The zero-order chi connectivity index (χ0) is 25.1. The molecule has 14 nitrogen and oxygen atoms in total. The number of nitrogens with zero attached hydrogens (tertiary/aromatic N) is 7. The summed E-state index contributed by atoms with van der Waals surface area (Å²) in [6.45, 7) is 2.79. The summed E-state index contributed by atoms with van der Waals surface area (Å²) in [5.74, 6) is -1.80. The third-order valence-electron chi connectivity index (χ3n) is 5.01. The molecule has 17 heteroatoms. The summed E-state index contributed by atoms with van der Waals surface area (Å²) in [7, 11) is 1.25. The Labute approximate surface area is 211 Å². The van der Waals surface area contributed by atoms with Gasteiger partial charge in [-0.2, -0.15) is 9.36 Å². The second-order valence-corrected chi connectivity index (χ2v) is 10.1. The van der Waals surface area contributed by atoms with Crippen LogP contribution in [0.1, 0.15) is 19.2 Å². The van der Waals surface area contributed by atoms with Gasteiger partial charge in [0.05, 0.1) is 0 Å². The van der Waals surface area contributed by atoms with Crippen molar-refractivity contribution < 1.29 is 24.3 Å². The molecule has 0 aromatic carbocycles. The predicted molar refractivity (Wildman–Crippen MR) is 129 cm³/mol. The first kappa shape index (κ1) is 24.9. The van der Waals surface area contributed by atoms with Gasteiger partial charge in [-0.1, -0.05) is 23.8 Å². The molecule has 2 aromatic heterocycles. The number of β-lactam (4-membered cyclic amide) rings is 1. The second kappa shape index (κ2) is 10.6. The molecule has 2 aliphatic rings. The number of nitrogens with two attached hydrogens (primary N) is 1. The van der Waals surface area contributed by atoms with Crippen LogP contribution in [0.25, 0.3) is 0 Å². The van der Waals surface area contributed by atoms with Gasteiger partial charge in [-0.05, 0) is 12.0 Å². The molecule has 1 fully saturated rings. The van der Waals surface area contributed by atoms with E-state index < -0.39 is 29.2 Å². The minimum absolute atomic E-state index is 0.0341. The number of carboxylic acid groups (broad SMARTS) is 1. The SMILES string of the molecule is CCCn1cnnc1SCC1=C(C(=O)O)N2C(=O)C(NC(=O)C(=NOC)c3nsc(N)n3)[C@@H]2SC1. The number of fused-ring (bicyclic) bond motifs is 1. The summed E-state index contributed by atoms with van der Waals surface area (Å²) in [5, 5.41) is 24.3. The van der Waals surface area contributed by atoms with E-state index in [1.807, 2.05) is 11.5 Å². The highest BCUT2D eigenvalue weighted by Crippen LogP contribution is 2.41. The Morgan fingerprint density at radius 1 is 1.46 bits per heavy atom. The quantitative estimate of drug-likeness (QED) is 0.159. The van der Waals surface area contributed by atoms with Crippen molar-refractivity contribution in [3.63, 3.8) is 0 Å². The fourth-order valence-corrected chi connectivity index (χ4v) is 6.37. The summed E-state index contributed by atoms with van der Waals surface area (Å²) in [4.78, 5) is 47.7.